The monoisotopic (exact) mass is 306 g/mol. The number of anilines is 1. The molecule has 0 radical (unpaired) electrons. The van der Waals surface area contributed by atoms with Crippen molar-refractivity contribution in [2.24, 2.45) is 0 Å². The summed E-state index contributed by atoms with van der Waals surface area (Å²) < 4.78 is 27.7. The zero-order valence-corrected chi connectivity index (χ0v) is 12.8. The largest absolute Gasteiger partial charge is 0.312 e. The van der Waals surface area contributed by atoms with Gasteiger partial charge in [-0.2, -0.15) is 5.10 Å². The number of benzene rings is 1. The van der Waals surface area contributed by atoms with E-state index in [1.807, 2.05) is 19.1 Å². The highest BCUT2D eigenvalue weighted by Gasteiger charge is 2.23. The summed E-state index contributed by atoms with van der Waals surface area (Å²) in [5.41, 5.74) is 3.52. The van der Waals surface area contributed by atoms with E-state index >= 15 is 0 Å². The number of aromatic nitrogens is 2. The normalized spacial score (nSPS) is 14.8. The maximum atomic E-state index is 12.6. The molecule has 0 aliphatic carbocycles. The molecule has 21 heavy (non-hydrogen) atoms. The van der Waals surface area contributed by atoms with Gasteiger partial charge in [-0.25, -0.2) is 8.42 Å². The topological polar surface area (TPSA) is 86.9 Å². The molecular weight excluding hydrogens is 288 g/mol. The maximum Gasteiger partial charge on any atom is 0.263 e. The SMILES string of the molecule is Cc1ccc(C)c(S(=O)(=O)Nc2n[nH]c3c2CNCC3)c1. The van der Waals surface area contributed by atoms with Gasteiger partial charge in [-0.1, -0.05) is 12.1 Å². The number of H-pyrrole nitrogens is 1. The van der Waals surface area contributed by atoms with Crippen LogP contribution in [0.5, 0.6) is 0 Å². The summed E-state index contributed by atoms with van der Waals surface area (Å²) in [4.78, 5) is 0.294. The summed E-state index contributed by atoms with van der Waals surface area (Å²) in [6.45, 7) is 5.16. The zero-order chi connectivity index (χ0) is 15.0. The molecule has 3 N–H and O–H groups in total. The minimum absolute atomic E-state index is 0.294. The third kappa shape index (κ3) is 2.66. The average Bonchev–Trinajstić information content (AvgIpc) is 2.84. The fourth-order valence-corrected chi connectivity index (χ4v) is 3.86. The van der Waals surface area contributed by atoms with Crippen LogP contribution in [-0.2, 0) is 23.0 Å². The van der Waals surface area contributed by atoms with Gasteiger partial charge in [0.15, 0.2) is 5.82 Å². The molecule has 0 saturated carbocycles. The molecule has 112 valence electrons. The van der Waals surface area contributed by atoms with Gasteiger partial charge in [-0.05, 0) is 31.0 Å². The number of fused-ring (bicyclic) bond motifs is 1. The van der Waals surface area contributed by atoms with Crippen molar-refractivity contribution in [3.8, 4) is 0 Å². The van der Waals surface area contributed by atoms with Gasteiger partial charge >= 0.3 is 0 Å². The second-order valence-electron chi connectivity index (χ2n) is 5.33. The lowest BCUT2D eigenvalue weighted by Gasteiger charge is -2.14. The Morgan fingerprint density at radius 1 is 1.29 bits per heavy atom. The molecule has 0 saturated heterocycles. The van der Waals surface area contributed by atoms with E-state index in [1.165, 1.54) is 0 Å². The third-order valence-electron chi connectivity index (χ3n) is 3.67. The predicted molar refractivity (Wildman–Crippen MR) is 80.7 cm³/mol. The molecule has 0 spiro atoms. The average molecular weight is 306 g/mol. The smallest absolute Gasteiger partial charge is 0.263 e. The number of hydrogen-bond acceptors (Lipinski definition) is 4. The van der Waals surface area contributed by atoms with E-state index in [4.69, 9.17) is 0 Å². The second kappa shape index (κ2) is 5.16. The van der Waals surface area contributed by atoms with Crippen LogP contribution < -0.4 is 10.0 Å². The van der Waals surface area contributed by atoms with Crippen LogP contribution in [0.15, 0.2) is 23.1 Å². The molecule has 1 aliphatic heterocycles. The van der Waals surface area contributed by atoms with E-state index in [0.717, 1.165) is 35.3 Å². The molecule has 1 aliphatic rings. The molecule has 2 aromatic rings. The highest BCUT2D eigenvalue weighted by molar-refractivity contribution is 7.92. The summed E-state index contributed by atoms with van der Waals surface area (Å²) in [5, 5.41) is 10.2. The van der Waals surface area contributed by atoms with Gasteiger partial charge in [0, 0.05) is 30.8 Å². The van der Waals surface area contributed by atoms with Gasteiger partial charge in [0.1, 0.15) is 0 Å². The van der Waals surface area contributed by atoms with Gasteiger partial charge in [0.25, 0.3) is 10.0 Å². The lowest BCUT2D eigenvalue weighted by atomic mass is 10.1. The van der Waals surface area contributed by atoms with Crippen LogP contribution >= 0.6 is 0 Å². The van der Waals surface area contributed by atoms with Gasteiger partial charge in [-0.15, -0.1) is 0 Å². The van der Waals surface area contributed by atoms with Crippen LogP contribution in [-0.4, -0.2) is 25.2 Å². The third-order valence-corrected chi connectivity index (χ3v) is 5.15. The van der Waals surface area contributed by atoms with Gasteiger partial charge in [0.05, 0.1) is 4.90 Å². The first-order chi connectivity index (χ1) is 9.97. The van der Waals surface area contributed by atoms with Crippen molar-refractivity contribution in [3.05, 3.63) is 40.6 Å². The highest BCUT2D eigenvalue weighted by atomic mass is 32.2. The number of sulfonamides is 1. The van der Waals surface area contributed by atoms with Crippen LogP contribution in [0.1, 0.15) is 22.4 Å². The Kier molecular flexibility index (Phi) is 3.46. The maximum absolute atomic E-state index is 12.6. The van der Waals surface area contributed by atoms with Crippen LogP contribution in [0.25, 0.3) is 0 Å². The number of aromatic amines is 1. The van der Waals surface area contributed by atoms with Crippen molar-refractivity contribution in [1.82, 2.24) is 15.5 Å². The standard InChI is InChI=1S/C14H18N4O2S/c1-9-3-4-10(2)13(7-9)21(19,20)18-14-11-8-15-6-5-12(11)16-17-14/h3-4,7,15H,5-6,8H2,1-2H3,(H2,16,17,18). The van der Waals surface area contributed by atoms with Crippen LogP contribution in [0.4, 0.5) is 5.82 Å². The van der Waals surface area contributed by atoms with Gasteiger partial charge in [0.2, 0.25) is 0 Å². The van der Waals surface area contributed by atoms with Crippen molar-refractivity contribution >= 4 is 15.8 Å². The number of aryl methyl sites for hydroxylation is 2. The number of nitrogens with zero attached hydrogens (tertiary/aromatic N) is 1. The van der Waals surface area contributed by atoms with E-state index in [1.54, 1.807) is 13.0 Å². The minimum atomic E-state index is -3.63. The lowest BCUT2D eigenvalue weighted by molar-refractivity contribution is 0.600. The van der Waals surface area contributed by atoms with Crippen LogP contribution in [0, 0.1) is 13.8 Å². The molecule has 1 aromatic heterocycles. The first-order valence-electron chi connectivity index (χ1n) is 6.84. The number of rotatable bonds is 3. The van der Waals surface area contributed by atoms with E-state index in [0.29, 0.717) is 17.3 Å². The van der Waals surface area contributed by atoms with Crippen LogP contribution in [0.3, 0.4) is 0 Å². The van der Waals surface area contributed by atoms with Crippen molar-refractivity contribution in [2.45, 2.75) is 31.7 Å². The Morgan fingerprint density at radius 2 is 2.10 bits per heavy atom. The van der Waals surface area contributed by atoms with Gasteiger partial charge < -0.3 is 5.32 Å². The molecule has 0 unspecified atom stereocenters. The Balaban J connectivity index is 1.97. The number of hydrogen-bond donors (Lipinski definition) is 3. The second-order valence-corrected chi connectivity index (χ2v) is 6.98. The molecule has 0 amide bonds. The summed E-state index contributed by atoms with van der Waals surface area (Å²) in [7, 11) is -3.63. The highest BCUT2D eigenvalue weighted by Crippen LogP contribution is 2.24. The zero-order valence-electron chi connectivity index (χ0n) is 12.0. The predicted octanol–water partition coefficient (Wildman–Crippen LogP) is 1.47. The molecule has 1 aromatic carbocycles. The minimum Gasteiger partial charge on any atom is -0.312 e. The quantitative estimate of drug-likeness (QED) is 0.801. The molecule has 7 heteroatoms. The van der Waals surface area contributed by atoms with E-state index in [-0.39, 0.29) is 0 Å². The summed E-state index contributed by atoms with van der Waals surface area (Å²) in [6, 6.07) is 5.38. The van der Waals surface area contributed by atoms with Crippen molar-refractivity contribution in [1.29, 1.82) is 0 Å². The molecule has 0 atom stereocenters. The Bertz CT molecular complexity index is 780. The van der Waals surface area contributed by atoms with Gasteiger partial charge in [-0.3, -0.25) is 9.82 Å². The van der Waals surface area contributed by atoms with E-state index in [9.17, 15) is 8.42 Å². The molecular formula is C14H18N4O2S. The fraction of sp³-hybridized carbons (Fsp3) is 0.357. The lowest BCUT2D eigenvalue weighted by Crippen LogP contribution is -2.24. The van der Waals surface area contributed by atoms with Crippen molar-refractivity contribution in [2.75, 3.05) is 11.3 Å². The Morgan fingerprint density at radius 3 is 2.90 bits per heavy atom. The Labute approximate surface area is 124 Å². The Hall–Kier alpha value is -1.86. The summed E-state index contributed by atoms with van der Waals surface area (Å²) in [6.07, 6.45) is 0.827. The van der Waals surface area contributed by atoms with E-state index < -0.39 is 10.0 Å². The summed E-state index contributed by atoms with van der Waals surface area (Å²) >= 11 is 0. The molecule has 0 bridgehead atoms. The van der Waals surface area contributed by atoms with E-state index in [2.05, 4.69) is 20.2 Å². The first kappa shape index (κ1) is 14.1. The molecule has 0 fully saturated rings. The molecule has 3 rings (SSSR count). The molecule has 2 heterocycles. The van der Waals surface area contributed by atoms with Crippen molar-refractivity contribution < 1.29 is 8.42 Å². The fourth-order valence-electron chi connectivity index (χ4n) is 2.49. The summed E-state index contributed by atoms with van der Waals surface area (Å²) in [5.74, 6) is 0.387. The molecule has 6 nitrogen and oxygen atoms in total. The van der Waals surface area contributed by atoms with Crippen molar-refractivity contribution in [3.63, 3.8) is 0 Å². The first-order valence-corrected chi connectivity index (χ1v) is 8.32. The van der Waals surface area contributed by atoms with Crippen LogP contribution in [0.2, 0.25) is 0 Å². The number of nitrogens with one attached hydrogen (secondary N) is 3.